The second kappa shape index (κ2) is 12.4. The van der Waals surface area contributed by atoms with E-state index in [1.807, 2.05) is 91.9 Å². The summed E-state index contributed by atoms with van der Waals surface area (Å²) in [5.74, 6) is -0.467. The van der Waals surface area contributed by atoms with E-state index in [0.29, 0.717) is 24.6 Å². The molecule has 0 bridgehead atoms. The second-order valence-electron chi connectivity index (χ2n) is 9.46. The summed E-state index contributed by atoms with van der Waals surface area (Å²) in [5, 5.41) is 0. The highest BCUT2D eigenvalue weighted by atomic mass is 127. The highest BCUT2D eigenvalue weighted by molar-refractivity contribution is 14.1. The molecule has 8 heteroatoms. The Labute approximate surface area is 241 Å². The van der Waals surface area contributed by atoms with Gasteiger partial charge in [0.2, 0.25) is 11.8 Å². The van der Waals surface area contributed by atoms with Crippen LogP contribution in [0.5, 0.6) is 5.88 Å². The van der Waals surface area contributed by atoms with Crippen LogP contribution in [0.25, 0.3) is 0 Å². The van der Waals surface area contributed by atoms with Gasteiger partial charge in [-0.2, -0.15) is 0 Å². The van der Waals surface area contributed by atoms with E-state index in [-0.39, 0.29) is 25.0 Å². The Balaban J connectivity index is 1.42. The van der Waals surface area contributed by atoms with E-state index in [2.05, 4.69) is 32.6 Å². The number of rotatable bonds is 9. The van der Waals surface area contributed by atoms with E-state index in [1.165, 1.54) is 11.2 Å². The molecular formula is C31H28IN3O4. The van der Waals surface area contributed by atoms with E-state index >= 15 is 0 Å². The lowest BCUT2D eigenvalue weighted by Crippen LogP contribution is -2.43. The monoisotopic (exact) mass is 633 g/mol. The molecular weight excluding hydrogens is 605 g/mol. The quantitative estimate of drug-likeness (QED) is 0.214. The van der Waals surface area contributed by atoms with E-state index in [9.17, 15) is 9.59 Å². The van der Waals surface area contributed by atoms with Crippen molar-refractivity contribution in [2.75, 3.05) is 6.61 Å². The van der Waals surface area contributed by atoms with Crippen LogP contribution in [-0.4, -0.2) is 39.5 Å². The van der Waals surface area contributed by atoms with Crippen molar-refractivity contribution in [1.29, 1.82) is 0 Å². The number of nitrogens with zero attached hydrogens (tertiary/aromatic N) is 3. The van der Waals surface area contributed by atoms with Crippen molar-refractivity contribution in [2.24, 2.45) is 0 Å². The fraction of sp³-hybridized carbons (Fsp3) is 0.226. The van der Waals surface area contributed by atoms with Gasteiger partial charge in [-0.05, 0) is 64.8 Å². The zero-order valence-corrected chi connectivity index (χ0v) is 23.7. The molecule has 0 N–H and O–H groups in total. The molecule has 198 valence electrons. The third-order valence-corrected chi connectivity index (χ3v) is 7.56. The fourth-order valence-electron chi connectivity index (χ4n) is 4.72. The van der Waals surface area contributed by atoms with Crippen LogP contribution in [0, 0.1) is 10.5 Å². The van der Waals surface area contributed by atoms with Gasteiger partial charge in [0.1, 0.15) is 19.5 Å². The summed E-state index contributed by atoms with van der Waals surface area (Å²) in [6.45, 7) is 2.44. The average Bonchev–Trinajstić information content (AvgIpc) is 3.32. The van der Waals surface area contributed by atoms with Crippen molar-refractivity contribution in [3.63, 3.8) is 0 Å². The van der Waals surface area contributed by atoms with Gasteiger partial charge in [0, 0.05) is 15.6 Å². The van der Waals surface area contributed by atoms with E-state index in [4.69, 9.17) is 9.47 Å². The first-order chi connectivity index (χ1) is 19.0. The zero-order valence-electron chi connectivity index (χ0n) is 21.5. The van der Waals surface area contributed by atoms with Crippen molar-refractivity contribution in [2.45, 2.75) is 38.3 Å². The number of halogens is 1. The first kappa shape index (κ1) is 26.8. The fourth-order valence-corrected chi connectivity index (χ4v) is 5.08. The third kappa shape index (κ3) is 6.44. The molecule has 0 radical (unpaired) electrons. The Morgan fingerprint density at radius 1 is 1.00 bits per heavy atom. The van der Waals surface area contributed by atoms with Crippen LogP contribution >= 0.6 is 22.6 Å². The van der Waals surface area contributed by atoms with Gasteiger partial charge < -0.3 is 9.47 Å². The average molecular weight is 633 g/mol. The number of cyclic esters (lactones) is 1. The van der Waals surface area contributed by atoms with Gasteiger partial charge in [0.05, 0.1) is 17.7 Å². The molecule has 5 rings (SSSR count). The van der Waals surface area contributed by atoms with Crippen LogP contribution in [0.3, 0.4) is 0 Å². The maximum Gasteiger partial charge on any atom is 0.417 e. The summed E-state index contributed by atoms with van der Waals surface area (Å²) in [6.07, 6.45) is 1.67. The first-order valence-corrected chi connectivity index (χ1v) is 13.8. The minimum absolute atomic E-state index is 0.170. The minimum atomic E-state index is -0.638. The molecule has 0 unspecified atom stereocenters. The summed E-state index contributed by atoms with van der Waals surface area (Å²) < 4.78 is 12.4. The molecule has 7 nitrogen and oxygen atoms in total. The molecule has 1 saturated heterocycles. The molecule has 2 heterocycles. The van der Waals surface area contributed by atoms with Crippen molar-refractivity contribution in [3.8, 4) is 5.88 Å². The molecule has 4 aromatic rings. The number of ether oxygens (including phenoxy) is 2. The van der Waals surface area contributed by atoms with Gasteiger partial charge in [-0.15, -0.1) is 0 Å². The van der Waals surface area contributed by atoms with Gasteiger partial charge in [-0.1, -0.05) is 72.8 Å². The topological polar surface area (TPSA) is 81.6 Å². The van der Waals surface area contributed by atoms with Gasteiger partial charge in [0.25, 0.3) is 0 Å². The number of benzene rings is 3. The maximum absolute atomic E-state index is 14.1. The number of aromatic nitrogens is 2. The lowest BCUT2D eigenvalue weighted by atomic mass is 9.91. The molecule has 0 saturated carbocycles. The molecule has 0 aliphatic carbocycles. The highest BCUT2D eigenvalue weighted by Crippen LogP contribution is 2.30. The summed E-state index contributed by atoms with van der Waals surface area (Å²) in [6, 6.07) is 27.1. The molecule has 2 amide bonds. The number of hydrogen-bond donors (Lipinski definition) is 0. The normalized spacial score (nSPS) is 15.6. The van der Waals surface area contributed by atoms with E-state index in [1.54, 1.807) is 0 Å². The van der Waals surface area contributed by atoms with Gasteiger partial charge in [-0.25, -0.2) is 19.7 Å². The number of amides is 2. The lowest BCUT2D eigenvalue weighted by molar-refractivity contribution is -0.130. The molecule has 1 aliphatic rings. The minimum Gasteiger partial charge on any atom is -0.473 e. The van der Waals surface area contributed by atoms with Gasteiger partial charge >= 0.3 is 6.09 Å². The molecule has 1 aliphatic heterocycles. The molecule has 1 fully saturated rings. The number of carbonyl (C=O) groups excluding carboxylic acids is 2. The molecule has 0 spiro atoms. The van der Waals surface area contributed by atoms with E-state index < -0.39 is 12.0 Å². The van der Waals surface area contributed by atoms with Crippen molar-refractivity contribution in [3.05, 3.63) is 123 Å². The first-order valence-electron chi connectivity index (χ1n) is 12.8. The molecule has 1 aromatic heterocycles. The van der Waals surface area contributed by atoms with Crippen LogP contribution in [0.4, 0.5) is 4.79 Å². The SMILES string of the molecule is Cc1c(C[C@H](C(=O)N2C(=O)OC[C@@H]2Cc2ccccc2)c2ccc(I)cc2)ncnc1OCc1ccccc1. The predicted octanol–water partition coefficient (Wildman–Crippen LogP) is 5.89. The third-order valence-electron chi connectivity index (χ3n) is 6.84. The van der Waals surface area contributed by atoms with Crippen LogP contribution < -0.4 is 4.74 Å². The smallest absolute Gasteiger partial charge is 0.417 e. The second-order valence-corrected chi connectivity index (χ2v) is 10.7. The van der Waals surface area contributed by atoms with Crippen molar-refractivity contribution < 1.29 is 19.1 Å². The van der Waals surface area contributed by atoms with Crippen LogP contribution in [0.15, 0.2) is 91.3 Å². The van der Waals surface area contributed by atoms with Crippen molar-refractivity contribution >= 4 is 34.6 Å². The summed E-state index contributed by atoms with van der Waals surface area (Å²) >= 11 is 2.23. The molecule has 39 heavy (non-hydrogen) atoms. The Bertz CT molecular complexity index is 1430. The maximum atomic E-state index is 14.1. The highest BCUT2D eigenvalue weighted by Gasteiger charge is 2.41. The number of hydrogen-bond acceptors (Lipinski definition) is 6. The molecule has 3 aromatic carbocycles. The Morgan fingerprint density at radius 3 is 2.36 bits per heavy atom. The predicted molar refractivity (Wildman–Crippen MR) is 155 cm³/mol. The standard InChI is InChI=1S/C31H28IN3O4/c1-21-28(33-20-34-29(21)38-18-23-10-6-3-7-11-23)17-27(24-12-14-25(32)15-13-24)30(36)35-26(19-39-31(35)37)16-22-8-4-2-5-9-22/h2-15,20,26-27H,16-19H2,1H3/t26-,27-/m0/s1. The van der Waals surface area contributed by atoms with Crippen molar-refractivity contribution in [1.82, 2.24) is 14.9 Å². The van der Waals surface area contributed by atoms with Crippen LogP contribution in [0.2, 0.25) is 0 Å². The summed E-state index contributed by atoms with van der Waals surface area (Å²) in [7, 11) is 0. The largest absolute Gasteiger partial charge is 0.473 e. The lowest BCUT2D eigenvalue weighted by Gasteiger charge is -2.26. The van der Waals surface area contributed by atoms with E-state index in [0.717, 1.165) is 25.8 Å². The Morgan fingerprint density at radius 2 is 1.67 bits per heavy atom. The zero-order chi connectivity index (χ0) is 27.2. The van der Waals surface area contributed by atoms with Gasteiger partial charge in [-0.3, -0.25) is 4.79 Å². The number of imide groups is 1. The summed E-state index contributed by atoms with van der Waals surface area (Å²) in [4.78, 5) is 37.1. The number of carbonyl (C=O) groups is 2. The Hall–Kier alpha value is -3.79. The van der Waals surface area contributed by atoms with Gasteiger partial charge in [0.15, 0.2) is 0 Å². The molecule has 2 atom stereocenters. The summed E-state index contributed by atoms with van der Waals surface area (Å²) in [5.41, 5.74) is 4.33. The Kier molecular flexibility index (Phi) is 8.51. The van der Waals surface area contributed by atoms with Crippen LogP contribution in [0.1, 0.15) is 33.9 Å². The van der Waals surface area contributed by atoms with Crippen LogP contribution in [-0.2, 0) is 29.0 Å².